The Labute approximate surface area is 184 Å². The molecule has 0 N–H and O–H groups in total. The van der Waals surface area contributed by atoms with Gasteiger partial charge in [-0.15, -0.1) is 0 Å². The summed E-state index contributed by atoms with van der Waals surface area (Å²) in [5, 5.41) is 0.552. The number of para-hydroxylation sites is 2. The number of nitrogens with zero attached hydrogens (tertiary/aromatic N) is 1. The van der Waals surface area contributed by atoms with Crippen molar-refractivity contribution in [1.29, 1.82) is 0 Å². The number of carbonyl (C=O) groups excluding carboxylic acids is 3. The first-order valence-electron chi connectivity index (χ1n) is 10.6. The number of anilines is 1. The second kappa shape index (κ2) is 6.79. The normalized spacial score (nSPS) is 32.1. The predicted molar refractivity (Wildman–Crippen MR) is 115 cm³/mol. The van der Waals surface area contributed by atoms with E-state index in [0.717, 1.165) is 6.42 Å². The quantitative estimate of drug-likeness (QED) is 0.403. The lowest BCUT2D eigenvalue weighted by molar-refractivity contribution is -0.124. The Morgan fingerprint density at radius 3 is 2.19 bits per heavy atom. The third-order valence-electron chi connectivity index (χ3n) is 7.29. The van der Waals surface area contributed by atoms with E-state index in [0.29, 0.717) is 33.9 Å². The molecule has 5 aliphatic rings. The molecular weight excluding hydrogens is 414 g/mol. The highest BCUT2D eigenvalue weighted by Crippen LogP contribution is 2.65. The number of allylic oxidation sites excluding steroid dienone is 2. The Morgan fingerprint density at radius 2 is 1.55 bits per heavy atom. The van der Waals surface area contributed by atoms with Crippen molar-refractivity contribution in [2.75, 3.05) is 11.5 Å². The number of Topliss-reactive ketones (excluding diaryl/α,β-unsaturated/α-hetero) is 1. The molecule has 0 aromatic heterocycles. The minimum atomic E-state index is -0.269. The highest BCUT2D eigenvalue weighted by atomic mass is 35.5. The van der Waals surface area contributed by atoms with E-state index in [-0.39, 0.29) is 47.9 Å². The van der Waals surface area contributed by atoms with Gasteiger partial charge in [-0.05, 0) is 66.5 Å². The van der Waals surface area contributed by atoms with E-state index in [4.69, 9.17) is 16.3 Å². The number of halogens is 1. The fraction of sp³-hybridized carbons (Fsp3) is 0.320. The number of imide groups is 1. The monoisotopic (exact) mass is 433 g/mol. The Kier molecular flexibility index (Phi) is 4.12. The molecule has 1 heterocycles. The van der Waals surface area contributed by atoms with Gasteiger partial charge in [0.05, 0.1) is 17.5 Å². The Bertz CT molecular complexity index is 1100. The molecule has 6 heteroatoms. The molecule has 31 heavy (non-hydrogen) atoms. The van der Waals surface area contributed by atoms with Crippen LogP contribution >= 0.6 is 11.6 Å². The van der Waals surface area contributed by atoms with Gasteiger partial charge in [0.1, 0.15) is 5.75 Å². The zero-order chi connectivity index (χ0) is 21.3. The van der Waals surface area contributed by atoms with Crippen LogP contribution in [0.3, 0.4) is 0 Å². The number of hydrogen-bond donors (Lipinski definition) is 0. The summed E-state index contributed by atoms with van der Waals surface area (Å²) in [6.07, 6.45) is 5.44. The Morgan fingerprint density at radius 1 is 0.935 bits per heavy atom. The number of benzene rings is 2. The van der Waals surface area contributed by atoms with Crippen molar-refractivity contribution >= 4 is 34.9 Å². The second-order valence-electron chi connectivity index (χ2n) is 8.85. The van der Waals surface area contributed by atoms with Crippen molar-refractivity contribution in [3.05, 3.63) is 71.3 Å². The molecule has 2 saturated carbocycles. The van der Waals surface area contributed by atoms with E-state index in [2.05, 4.69) is 12.2 Å². The van der Waals surface area contributed by atoms with Crippen LogP contribution in [0, 0.1) is 35.5 Å². The molecule has 4 aliphatic carbocycles. The van der Waals surface area contributed by atoms with Crippen molar-refractivity contribution in [3.8, 4) is 5.75 Å². The maximum atomic E-state index is 13.4. The average molecular weight is 434 g/mol. The predicted octanol–water partition coefficient (Wildman–Crippen LogP) is 4.16. The molecule has 3 fully saturated rings. The molecule has 156 valence electrons. The van der Waals surface area contributed by atoms with Gasteiger partial charge in [0.15, 0.2) is 12.4 Å². The summed E-state index contributed by atoms with van der Waals surface area (Å²) in [6.45, 7) is -0.196. The summed E-state index contributed by atoms with van der Waals surface area (Å²) in [4.78, 5) is 40.6. The van der Waals surface area contributed by atoms with Gasteiger partial charge >= 0.3 is 0 Å². The third-order valence-corrected chi connectivity index (χ3v) is 7.55. The number of amides is 2. The molecule has 2 bridgehead atoms. The first-order valence-corrected chi connectivity index (χ1v) is 11.0. The van der Waals surface area contributed by atoms with Crippen LogP contribution in [0.2, 0.25) is 5.02 Å². The van der Waals surface area contributed by atoms with Crippen molar-refractivity contribution in [2.45, 2.75) is 6.42 Å². The topological polar surface area (TPSA) is 63.7 Å². The molecule has 2 aromatic rings. The first-order chi connectivity index (χ1) is 15.0. The van der Waals surface area contributed by atoms with E-state index >= 15 is 0 Å². The SMILES string of the molecule is O=C(COc1ccccc1N1C(=O)[C@@H]2[C@H]3C=C[C@@H]([C@@H]4C[C@H]34)[C@H]2C1=O)c1ccc(Cl)cc1. The summed E-state index contributed by atoms with van der Waals surface area (Å²) in [5.74, 6) is 0.775. The third kappa shape index (κ3) is 2.79. The number of rotatable bonds is 5. The van der Waals surface area contributed by atoms with Gasteiger partial charge < -0.3 is 4.74 Å². The van der Waals surface area contributed by atoms with E-state index in [1.54, 1.807) is 48.5 Å². The molecular formula is C25H20ClNO4. The number of carbonyl (C=O) groups is 3. The van der Waals surface area contributed by atoms with Gasteiger partial charge in [-0.25, -0.2) is 4.90 Å². The molecule has 1 aliphatic heterocycles. The van der Waals surface area contributed by atoms with E-state index in [9.17, 15) is 14.4 Å². The van der Waals surface area contributed by atoms with Gasteiger partial charge in [-0.2, -0.15) is 0 Å². The lowest BCUT2D eigenvalue weighted by Crippen LogP contribution is -2.40. The first kappa shape index (κ1) is 18.8. The smallest absolute Gasteiger partial charge is 0.238 e. The summed E-state index contributed by atoms with van der Waals surface area (Å²) in [7, 11) is 0. The van der Waals surface area contributed by atoms with Crippen LogP contribution in [0.4, 0.5) is 5.69 Å². The fourth-order valence-corrected chi connectivity index (χ4v) is 5.95. The van der Waals surface area contributed by atoms with E-state index < -0.39 is 0 Å². The summed E-state index contributed by atoms with van der Waals surface area (Å²) in [5.41, 5.74) is 0.909. The van der Waals surface area contributed by atoms with Crippen LogP contribution in [0.5, 0.6) is 5.75 Å². The van der Waals surface area contributed by atoms with Crippen LogP contribution < -0.4 is 9.64 Å². The van der Waals surface area contributed by atoms with Crippen LogP contribution in [0.15, 0.2) is 60.7 Å². The fourth-order valence-electron chi connectivity index (χ4n) is 5.82. The largest absolute Gasteiger partial charge is 0.483 e. The molecule has 6 atom stereocenters. The van der Waals surface area contributed by atoms with Gasteiger partial charge in [0, 0.05) is 10.6 Å². The maximum Gasteiger partial charge on any atom is 0.238 e. The van der Waals surface area contributed by atoms with Crippen LogP contribution in [0.1, 0.15) is 16.8 Å². The summed E-state index contributed by atoms with van der Waals surface area (Å²) >= 11 is 5.88. The maximum absolute atomic E-state index is 13.4. The van der Waals surface area contributed by atoms with Gasteiger partial charge in [-0.3, -0.25) is 14.4 Å². The highest BCUT2D eigenvalue weighted by Gasteiger charge is 2.67. The second-order valence-corrected chi connectivity index (χ2v) is 9.29. The van der Waals surface area contributed by atoms with Crippen molar-refractivity contribution in [1.82, 2.24) is 0 Å². The van der Waals surface area contributed by atoms with E-state index in [1.807, 2.05) is 0 Å². The van der Waals surface area contributed by atoms with Crippen LogP contribution in [0.25, 0.3) is 0 Å². The van der Waals surface area contributed by atoms with Crippen LogP contribution in [-0.4, -0.2) is 24.2 Å². The molecule has 1 saturated heterocycles. The summed E-state index contributed by atoms with van der Waals surface area (Å²) < 4.78 is 5.80. The van der Waals surface area contributed by atoms with E-state index in [1.165, 1.54) is 4.90 Å². The average Bonchev–Trinajstić information content (AvgIpc) is 3.56. The van der Waals surface area contributed by atoms with Crippen molar-refractivity contribution in [3.63, 3.8) is 0 Å². The van der Waals surface area contributed by atoms with Crippen molar-refractivity contribution in [2.24, 2.45) is 35.5 Å². The molecule has 2 amide bonds. The zero-order valence-corrected chi connectivity index (χ0v) is 17.4. The number of ether oxygens (including phenoxy) is 1. The molecule has 0 radical (unpaired) electrons. The van der Waals surface area contributed by atoms with Gasteiger partial charge in [-0.1, -0.05) is 35.9 Å². The standard InChI is InChI=1S/C25H20ClNO4/c26-14-7-5-13(6-8-14)20(28)12-31-21-4-2-1-3-19(21)27-24(29)22-15-9-10-16(18-11-17(15)18)23(22)25(27)30/h1-10,15-18,22-23H,11-12H2/t15-,16-,17-,18+,22+,23+/m0/s1. The van der Waals surface area contributed by atoms with Crippen LogP contribution in [-0.2, 0) is 9.59 Å². The molecule has 5 nitrogen and oxygen atoms in total. The highest BCUT2D eigenvalue weighted by molar-refractivity contribution is 6.30. The van der Waals surface area contributed by atoms with Crippen molar-refractivity contribution < 1.29 is 19.1 Å². The molecule has 0 spiro atoms. The number of hydrogen-bond acceptors (Lipinski definition) is 4. The minimum absolute atomic E-state index is 0.139. The lowest BCUT2D eigenvalue weighted by atomic mass is 9.63. The molecule has 0 unspecified atom stereocenters. The van der Waals surface area contributed by atoms with Gasteiger partial charge in [0.2, 0.25) is 11.8 Å². The molecule has 2 aromatic carbocycles. The Balaban J connectivity index is 1.26. The number of ketones is 1. The lowest BCUT2D eigenvalue weighted by Gasteiger charge is -2.37. The Hall–Kier alpha value is -2.92. The summed E-state index contributed by atoms with van der Waals surface area (Å²) in [6, 6.07) is 13.5. The molecule has 7 rings (SSSR count). The zero-order valence-electron chi connectivity index (χ0n) is 16.6. The van der Waals surface area contributed by atoms with Gasteiger partial charge in [0.25, 0.3) is 0 Å². The minimum Gasteiger partial charge on any atom is -0.483 e.